The molecule has 0 aliphatic heterocycles. The number of allylic oxidation sites excluding steroid dienone is 1. The van der Waals surface area contributed by atoms with Crippen LogP contribution in [0.3, 0.4) is 0 Å². The molecule has 0 fully saturated rings. The van der Waals surface area contributed by atoms with Gasteiger partial charge in [0.1, 0.15) is 12.4 Å². The van der Waals surface area contributed by atoms with Crippen molar-refractivity contribution in [2.45, 2.75) is 13.5 Å². The Morgan fingerprint density at radius 1 is 1.18 bits per heavy atom. The Bertz CT molecular complexity index is 529. The number of aliphatic hydroxyl groups is 1. The molecule has 0 amide bonds. The van der Waals surface area contributed by atoms with E-state index in [1.165, 1.54) is 0 Å². The summed E-state index contributed by atoms with van der Waals surface area (Å²) in [6.07, 6.45) is 3.88. The van der Waals surface area contributed by atoms with E-state index in [4.69, 9.17) is 4.74 Å². The van der Waals surface area contributed by atoms with Crippen LogP contribution in [0.1, 0.15) is 12.5 Å². The summed E-state index contributed by atoms with van der Waals surface area (Å²) >= 11 is 0. The van der Waals surface area contributed by atoms with Crippen LogP contribution in [0, 0.1) is 0 Å². The summed E-state index contributed by atoms with van der Waals surface area (Å²) in [7, 11) is 0. The molecule has 0 spiro atoms. The van der Waals surface area contributed by atoms with E-state index in [1.54, 1.807) is 0 Å². The van der Waals surface area contributed by atoms with E-state index in [1.807, 2.05) is 55.5 Å². The molecule has 2 nitrogen and oxygen atoms in total. The number of fused-ring (bicyclic) bond motifs is 1. The van der Waals surface area contributed by atoms with Crippen LogP contribution in [-0.2, 0) is 6.61 Å². The van der Waals surface area contributed by atoms with Crippen molar-refractivity contribution in [1.29, 1.82) is 0 Å². The van der Waals surface area contributed by atoms with Gasteiger partial charge in [-0.1, -0.05) is 42.5 Å². The molecule has 1 N–H and O–H groups in total. The summed E-state index contributed by atoms with van der Waals surface area (Å²) in [4.78, 5) is 0. The lowest BCUT2D eigenvalue weighted by Crippen LogP contribution is -1.98. The minimum Gasteiger partial charge on any atom is -0.489 e. The van der Waals surface area contributed by atoms with E-state index >= 15 is 0 Å². The average molecular weight is 228 g/mol. The molecule has 0 radical (unpaired) electrons. The maximum atomic E-state index is 9.47. The summed E-state index contributed by atoms with van der Waals surface area (Å²) < 4.78 is 5.63. The summed E-state index contributed by atoms with van der Waals surface area (Å²) in [5.41, 5.74) is 0.854. The Labute approximate surface area is 101 Å². The molecular formula is C15H16O2. The molecular weight excluding hydrogens is 212 g/mol. The highest BCUT2D eigenvalue weighted by Gasteiger charge is 2.06. The lowest BCUT2D eigenvalue weighted by Gasteiger charge is -2.11. The van der Waals surface area contributed by atoms with Gasteiger partial charge in [-0.05, 0) is 23.8 Å². The van der Waals surface area contributed by atoms with Crippen molar-refractivity contribution in [1.82, 2.24) is 0 Å². The van der Waals surface area contributed by atoms with E-state index in [0.717, 1.165) is 22.1 Å². The molecule has 17 heavy (non-hydrogen) atoms. The zero-order chi connectivity index (χ0) is 12.1. The monoisotopic (exact) mass is 228 g/mol. The number of aliphatic hydroxyl groups excluding tert-OH is 1. The van der Waals surface area contributed by atoms with Crippen LogP contribution < -0.4 is 4.74 Å². The fourth-order valence-electron chi connectivity index (χ4n) is 1.85. The van der Waals surface area contributed by atoms with E-state index < -0.39 is 0 Å². The van der Waals surface area contributed by atoms with Crippen molar-refractivity contribution in [3.63, 3.8) is 0 Å². The van der Waals surface area contributed by atoms with Gasteiger partial charge in [0.25, 0.3) is 0 Å². The summed E-state index contributed by atoms with van der Waals surface area (Å²) in [5, 5.41) is 11.6. The third-order valence-corrected chi connectivity index (χ3v) is 2.73. The predicted octanol–water partition coefficient (Wildman–Crippen LogP) is 3.29. The second-order valence-corrected chi connectivity index (χ2v) is 3.80. The maximum Gasteiger partial charge on any atom is 0.125 e. The minimum atomic E-state index is -0.00741. The Kier molecular flexibility index (Phi) is 3.78. The van der Waals surface area contributed by atoms with Crippen LogP contribution in [-0.4, -0.2) is 11.7 Å². The van der Waals surface area contributed by atoms with Gasteiger partial charge >= 0.3 is 0 Å². The first kappa shape index (κ1) is 11.7. The third kappa shape index (κ3) is 2.48. The van der Waals surface area contributed by atoms with Crippen LogP contribution in [0.25, 0.3) is 10.8 Å². The highest BCUT2D eigenvalue weighted by atomic mass is 16.5. The lowest BCUT2D eigenvalue weighted by atomic mass is 10.0. The second kappa shape index (κ2) is 5.51. The first-order valence-electron chi connectivity index (χ1n) is 5.72. The van der Waals surface area contributed by atoms with Crippen LogP contribution in [0.5, 0.6) is 5.75 Å². The second-order valence-electron chi connectivity index (χ2n) is 3.80. The molecule has 0 aliphatic rings. The minimum absolute atomic E-state index is 0.00741. The number of hydrogen-bond donors (Lipinski definition) is 1. The molecule has 0 atom stereocenters. The number of ether oxygens (including phenoxy) is 1. The van der Waals surface area contributed by atoms with Gasteiger partial charge in [0.05, 0.1) is 6.61 Å². The summed E-state index contributed by atoms with van der Waals surface area (Å²) in [5.74, 6) is 0.754. The molecule has 0 saturated carbocycles. The fourth-order valence-corrected chi connectivity index (χ4v) is 1.85. The molecule has 0 heterocycles. The topological polar surface area (TPSA) is 29.5 Å². The molecule has 2 rings (SSSR count). The maximum absolute atomic E-state index is 9.47. The Morgan fingerprint density at radius 2 is 2.00 bits per heavy atom. The molecule has 0 bridgehead atoms. The van der Waals surface area contributed by atoms with Crippen LogP contribution >= 0.6 is 0 Å². The molecule has 2 aromatic carbocycles. The van der Waals surface area contributed by atoms with Gasteiger partial charge in [0.2, 0.25) is 0 Å². The van der Waals surface area contributed by atoms with Crippen LogP contribution in [0.2, 0.25) is 0 Å². The SMILES string of the molecule is C/C=C/COc1ccc2ccccc2c1CO. The fraction of sp³-hybridized carbons (Fsp3) is 0.200. The summed E-state index contributed by atoms with van der Waals surface area (Å²) in [6.45, 7) is 2.48. The Hall–Kier alpha value is -1.80. The van der Waals surface area contributed by atoms with Gasteiger partial charge in [-0.25, -0.2) is 0 Å². The lowest BCUT2D eigenvalue weighted by molar-refractivity contribution is 0.271. The highest BCUT2D eigenvalue weighted by Crippen LogP contribution is 2.28. The van der Waals surface area contributed by atoms with Crippen molar-refractivity contribution in [3.05, 3.63) is 54.1 Å². The first-order valence-corrected chi connectivity index (χ1v) is 5.72. The van der Waals surface area contributed by atoms with Crippen molar-refractivity contribution in [2.75, 3.05) is 6.61 Å². The van der Waals surface area contributed by atoms with Gasteiger partial charge < -0.3 is 9.84 Å². The van der Waals surface area contributed by atoms with Gasteiger partial charge in [0.15, 0.2) is 0 Å². The smallest absolute Gasteiger partial charge is 0.125 e. The van der Waals surface area contributed by atoms with Crippen LogP contribution in [0.15, 0.2) is 48.6 Å². The quantitative estimate of drug-likeness (QED) is 0.814. The zero-order valence-corrected chi connectivity index (χ0v) is 9.89. The van der Waals surface area contributed by atoms with Gasteiger partial charge in [0, 0.05) is 5.56 Å². The van der Waals surface area contributed by atoms with Crippen LogP contribution in [0.4, 0.5) is 0 Å². The Balaban J connectivity index is 2.42. The molecule has 2 aromatic rings. The van der Waals surface area contributed by atoms with E-state index in [-0.39, 0.29) is 6.61 Å². The molecule has 0 unspecified atom stereocenters. The van der Waals surface area contributed by atoms with Crippen molar-refractivity contribution in [3.8, 4) is 5.75 Å². The average Bonchev–Trinajstić information content (AvgIpc) is 2.38. The van der Waals surface area contributed by atoms with Gasteiger partial charge in [-0.2, -0.15) is 0 Å². The Morgan fingerprint density at radius 3 is 2.76 bits per heavy atom. The normalized spacial score (nSPS) is 11.2. The largest absolute Gasteiger partial charge is 0.489 e. The van der Waals surface area contributed by atoms with Gasteiger partial charge in [-0.15, -0.1) is 0 Å². The number of hydrogen-bond acceptors (Lipinski definition) is 2. The van der Waals surface area contributed by atoms with Gasteiger partial charge in [-0.3, -0.25) is 0 Å². The molecule has 0 aliphatic carbocycles. The van der Waals surface area contributed by atoms with Crippen molar-refractivity contribution >= 4 is 10.8 Å². The first-order chi connectivity index (χ1) is 8.36. The van der Waals surface area contributed by atoms with Crippen molar-refractivity contribution < 1.29 is 9.84 Å². The third-order valence-electron chi connectivity index (χ3n) is 2.73. The van der Waals surface area contributed by atoms with E-state index in [2.05, 4.69) is 0 Å². The molecule has 2 heteroatoms. The molecule has 0 aromatic heterocycles. The van der Waals surface area contributed by atoms with E-state index in [9.17, 15) is 5.11 Å². The standard InChI is InChI=1S/C15H16O2/c1-2-3-10-17-15-9-8-12-6-4-5-7-13(12)14(15)11-16/h2-9,16H,10-11H2,1H3/b3-2+. The van der Waals surface area contributed by atoms with Crippen molar-refractivity contribution in [2.24, 2.45) is 0 Å². The zero-order valence-electron chi connectivity index (χ0n) is 9.89. The number of benzene rings is 2. The molecule has 0 saturated heterocycles. The predicted molar refractivity (Wildman–Crippen MR) is 70.2 cm³/mol. The highest BCUT2D eigenvalue weighted by molar-refractivity contribution is 5.87. The number of rotatable bonds is 4. The molecule has 88 valence electrons. The summed E-state index contributed by atoms with van der Waals surface area (Å²) in [6, 6.07) is 11.9. The van der Waals surface area contributed by atoms with E-state index in [0.29, 0.717) is 6.61 Å².